The van der Waals surface area contributed by atoms with Crippen LogP contribution in [0.2, 0.25) is 0 Å². The highest BCUT2D eigenvalue weighted by atomic mass is 16.5. The van der Waals surface area contributed by atoms with Crippen LogP contribution < -0.4 is 14.8 Å². The molecule has 0 aliphatic carbocycles. The first-order valence-electron chi connectivity index (χ1n) is 5.89. The molecule has 0 fully saturated rings. The Kier molecular flexibility index (Phi) is 6.00. The number of nitrogens with one attached hydrogen (secondary N) is 1. The number of carboxylic acid groups (broad SMARTS) is 1. The molecule has 0 amide bonds. The quantitative estimate of drug-likeness (QED) is 0.690. The van der Waals surface area contributed by atoms with Crippen molar-refractivity contribution in [3.05, 3.63) is 23.8 Å². The molecule has 0 spiro atoms. The van der Waals surface area contributed by atoms with Gasteiger partial charge in [0.15, 0.2) is 11.5 Å². The van der Waals surface area contributed by atoms with Crippen molar-refractivity contribution in [1.82, 2.24) is 5.32 Å². The molecule has 2 N–H and O–H groups in total. The van der Waals surface area contributed by atoms with Gasteiger partial charge in [-0.1, -0.05) is 6.07 Å². The first-order chi connectivity index (χ1) is 8.67. The van der Waals surface area contributed by atoms with E-state index < -0.39 is 5.97 Å². The van der Waals surface area contributed by atoms with Crippen molar-refractivity contribution in [2.75, 3.05) is 20.3 Å². The zero-order valence-electron chi connectivity index (χ0n) is 10.7. The van der Waals surface area contributed by atoms with Gasteiger partial charge < -0.3 is 19.9 Å². The van der Waals surface area contributed by atoms with Crippen LogP contribution in [0.25, 0.3) is 0 Å². The first kappa shape index (κ1) is 14.3. The van der Waals surface area contributed by atoms with Gasteiger partial charge in [0.05, 0.1) is 20.1 Å². The predicted molar refractivity (Wildman–Crippen MR) is 68.1 cm³/mol. The van der Waals surface area contributed by atoms with Crippen molar-refractivity contribution >= 4 is 5.97 Å². The Morgan fingerprint density at radius 2 is 2.17 bits per heavy atom. The van der Waals surface area contributed by atoms with Crippen molar-refractivity contribution in [3.63, 3.8) is 0 Å². The lowest BCUT2D eigenvalue weighted by atomic mass is 10.2. The highest BCUT2D eigenvalue weighted by molar-refractivity contribution is 5.66. The number of carboxylic acids is 1. The molecule has 0 atom stereocenters. The van der Waals surface area contributed by atoms with E-state index in [-0.39, 0.29) is 6.42 Å². The topological polar surface area (TPSA) is 67.8 Å². The first-order valence-corrected chi connectivity index (χ1v) is 5.89. The molecular formula is C13H19NO4. The van der Waals surface area contributed by atoms with Gasteiger partial charge in [0.2, 0.25) is 0 Å². The van der Waals surface area contributed by atoms with Gasteiger partial charge in [-0.2, -0.15) is 0 Å². The zero-order valence-corrected chi connectivity index (χ0v) is 10.7. The molecule has 100 valence electrons. The second-order valence-electron chi connectivity index (χ2n) is 3.74. The number of benzene rings is 1. The molecule has 5 heteroatoms. The van der Waals surface area contributed by atoms with Crippen molar-refractivity contribution in [2.45, 2.75) is 19.9 Å². The number of hydrogen-bond donors (Lipinski definition) is 2. The fraction of sp³-hybridized carbons (Fsp3) is 0.462. The fourth-order valence-electron chi connectivity index (χ4n) is 1.53. The summed E-state index contributed by atoms with van der Waals surface area (Å²) in [5.41, 5.74) is 1.03. The summed E-state index contributed by atoms with van der Waals surface area (Å²) >= 11 is 0. The maximum absolute atomic E-state index is 10.4. The summed E-state index contributed by atoms with van der Waals surface area (Å²) in [6, 6.07) is 5.67. The lowest BCUT2D eigenvalue weighted by Crippen LogP contribution is -2.17. The third-order valence-electron chi connectivity index (χ3n) is 2.37. The Hall–Kier alpha value is -1.75. The van der Waals surface area contributed by atoms with E-state index in [1.807, 2.05) is 25.1 Å². The average molecular weight is 253 g/mol. The molecule has 0 saturated heterocycles. The van der Waals surface area contributed by atoms with Gasteiger partial charge in [-0.15, -0.1) is 0 Å². The van der Waals surface area contributed by atoms with E-state index in [0.29, 0.717) is 31.2 Å². The van der Waals surface area contributed by atoms with Gasteiger partial charge in [-0.3, -0.25) is 4.79 Å². The molecule has 1 aromatic rings. The second-order valence-corrected chi connectivity index (χ2v) is 3.74. The van der Waals surface area contributed by atoms with Gasteiger partial charge >= 0.3 is 5.97 Å². The van der Waals surface area contributed by atoms with Gasteiger partial charge in [0.1, 0.15) is 0 Å². The van der Waals surface area contributed by atoms with Crippen LogP contribution in [-0.2, 0) is 11.3 Å². The van der Waals surface area contributed by atoms with Crippen LogP contribution in [0.5, 0.6) is 11.5 Å². The Labute approximate surface area is 107 Å². The highest BCUT2D eigenvalue weighted by Crippen LogP contribution is 2.27. The van der Waals surface area contributed by atoms with E-state index in [1.54, 1.807) is 7.11 Å². The summed E-state index contributed by atoms with van der Waals surface area (Å²) in [5, 5.41) is 11.6. The molecule has 0 unspecified atom stereocenters. The summed E-state index contributed by atoms with van der Waals surface area (Å²) < 4.78 is 10.7. The molecule has 5 nitrogen and oxygen atoms in total. The minimum Gasteiger partial charge on any atom is -0.493 e. The minimum atomic E-state index is -0.799. The third kappa shape index (κ3) is 4.63. The van der Waals surface area contributed by atoms with E-state index in [4.69, 9.17) is 14.6 Å². The van der Waals surface area contributed by atoms with Gasteiger partial charge in [0.25, 0.3) is 0 Å². The largest absolute Gasteiger partial charge is 0.493 e. The molecule has 0 radical (unpaired) electrons. The van der Waals surface area contributed by atoms with Crippen LogP contribution in [0.4, 0.5) is 0 Å². The number of carbonyl (C=O) groups is 1. The maximum Gasteiger partial charge on any atom is 0.304 e. The lowest BCUT2D eigenvalue weighted by Gasteiger charge is -2.11. The standard InChI is InChI=1S/C13H19NO4/c1-3-18-12-8-10(4-5-11(12)17-2)9-14-7-6-13(15)16/h4-5,8,14H,3,6-7,9H2,1-2H3,(H,15,16). The fourth-order valence-corrected chi connectivity index (χ4v) is 1.53. The molecule has 0 bridgehead atoms. The Morgan fingerprint density at radius 3 is 2.78 bits per heavy atom. The molecule has 0 saturated carbocycles. The van der Waals surface area contributed by atoms with Gasteiger partial charge in [0, 0.05) is 13.1 Å². The molecule has 1 aromatic carbocycles. The molecule has 0 aliphatic rings. The Morgan fingerprint density at radius 1 is 1.39 bits per heavy atom. The smallest absolute Gasteiger partial charge is 0.304 e. The summed E-state index contributed by atoms with van der Waals surface area (Å²) in [4.78, 5) is 10.4. The number of hydrogen-bond acceptors (Lipinski definition) is 4. The molecule has 0 aromatic heterocycles. The summed E-state index contributed by atoms with van der Waals surface area (Å²) in [6.45, 7) is 3.55. The number of rotatable bonds is 8. The number of aliphatic carboxylic acids is 1. The van der Waals surface area contributed by atoms with E-state index in [2.05, 4.69) is 5.32 Å². The minimum absolute atomic E-state index is 0.120. The van der Waals surface area contributed by atoms with Crippen LogP contribution >= 0.6 is 0 Å². The van der Waals surface area contributed by atoms with Crippen LogP contribution in [0.3, 0.4) is 0 Å². The number of ether oxygens (including phenoxy) is 2. The molecule has 18 heavy (non-hydrogen) atoms. The summed E-state index contributed by atoms with van der Waals surface area (Å²) in [7, 11) is 1.60. The normalized spacial score (nSPS) is 10.1. The summed E-state index contributed by atoms with van der Waals surface area (Å²) in [6.07, 6.45) is 0.120. The van der Waals surface area contributed by atoms with E-state index in [1.165, 1.54) is 0 Å². The SMILES string of the molecule is CCOc1cc(CNCCC(=O)O)ccc1OC. The van der Waals surface area contributed by atoms with Crippen LogP contribution in [0.15, 0.2) is 18.2 Å². The number of methoxy groups -OCH3 is 1. The average Bonchev–Trinajstić information content (AvgIpc) is 2.35. The van der Waals surface area contributed by atoms with Crippen molar-refractivity contribution in [1.29, 1.82) is 0 Å². The zero-order chi connectivity index (χ0) is 13.4. The van der Waals surface area contributed by atoms with E-state index in [0.717, 1.165) is 5.56 Å². The monoisotopic (exact) mass is 253 g/mol. The van der Waals surface area contributed by atoms with Gasteiger partial charge in [-0.25, -0.2) is 0 Å². The van der Waals surface area contributed by atoms with E-state index in [9.17, 15) is 4.79 Å². The van der Waals surface area contributed by atoms with E-state index >= 15 is 0 Å². The highest BCUT2D eigenvalue weighted by Gasteiger charge is 2.05. The van der Waals surface area contributed by atoms with Crippen molar-refractivity contribution < 1.29 is 19.4 Å². The van der Waals surface area contributed by atoms with Crippen molar-refractivity contribution in [3.8, 4) is 11.5 Å². The van der Waals surface area contributed by atoms with Crippen LogP contribution in [0, 0.1) is 0 Å². The maximum atomic E-state index is 10.4. The van der Waals surface area contributed by atoms with Crippen LogP contribution in [-0.4, -0.2) is 31.3 Å². The predicted octanol–water partition coefficient (Wildman–Crippen LogP) is 1.66. The molecular weight excluding hydrogens is 234 g/mol. The van der Waals surface area contributed by atoms with Gasteiger partial charge in [-0.05, 0) is 24.6 Å². The molecule has 1 rings (SSSR count). The molecule has 0 aliphatic heterocycles. The lowest BCUT2D eigenvalue weighted by molar-refractivity contribution is -0.136. The molecule has 0 heterocycles. The Balaban J connectivity index is 2.55. The van der Waals surface area contributed by atoms with Crippen molar-refractivity contribution in [2.24, 2.45) is 0 Å². The van der Waals surface area contributed by atoms with Crippen LogP contribution in [0.1, 0.15) is 18.9 Å². The Bertz CT molecular complexity index is 393. The summed E-state index contributed by atoms with van der Waals surface area (Å²) in [5.74, 6) is 0.607. The second kappa shape index (κ2) is 7.55. The third-order valence-corrected chi connectivity index (χ3v) is 2.37.